The van der Waals surface area contributed by atoms with Crippen molar-refractivity contribution in [3.05, 3.63) is 52.6 Å². The third kappa shape index (κ3) is 3.55. The van der Waals surface area contributed by atoms with Gasteiger partial charge in [-0.2, -0.15) is 0 Å². The highest BCUT2D eigenvalue weighted by Gasteiger charge is 2.08. The monoisotopic (exact) mass is 236 g/mol. The Balaban J connectivity index is 2.89. The van der Waals surface area contributed by atoms with Crippen molar-refractivity contribution in [2.24, 2.45) is 0 Å². The van der Waals surface area contributed by atoms with E-state index in [4.69, 9.17) is 16.7 Å². The van der Waals surface area contributed by atoms with Crippen LogP contribution in [0.3, 0.4) is 0 Å². The molecule has 0 aromatic heterocycles. The van der Waals surface area contributed by atoms with Gasteiger partial charge in [-0.25, -0.2) is 4.79 Å². The van der Waals surface area contributed by atoms with Crippen molar-refractivity contribution in [2.75, 3.05) is 0 Å². The molecule has 0 aliphatic carbocycles. The molecule has 16 heavy (non-hydrogen) atoms. The van der Waals surface area contributed by atoms with E-state index in [1.807, 2.05) is 30.3 Å². The molecule has 0 fully saturated rings. The molecule has 1 rings (SSSR count). The molecule has 3 heteroatoms. The van der Waals surface area contributed by atoms with E-state index in [9.17, 15) is 4.79 Å². The lowest BCUT2D eigenvalue weighted by Crippen LogP contribution is -2.00. The number of rotatable bonds is 4. The fraction of sp³-hybridized carbons (Fsp3) is 0.154. The number of benzene rings is 1. The predicted octanol–water partition coefficient (Wildman–Crippen LogP) is 3.69. The molecule has 0 atom stereocenters. The van der Waals surface area contributed by atoms with Crippen LogP contribution in [-0.2, 0) is 4.79 Å². The maximum absolute atomic E-state index is 10.8. The first-order valence-electron chi connectivity index (χ1n) is 5.00. The lowest BCUT2D eigenvalue weighted by molar-refractivity contribution is -0.132. The minimum atomic E-state index is -0.967. The molecular formula is C13H13ClO2. The van der Waals surface area contributed by atoms with Crippen LogP contribution in [0.4, 0.5) is 0 Å². The number of hydrogen-bond acceptors (Lipinski definition) is 1. The van der Waals surface area contributed by atoms with Gasteiger partial charge in [0.1, 0.15) is 0 Å². The molecule has 1 aromatic carbocycles. The number of carboxylic acid groups (broad SMARTS) is 1. The maximum Gasteiger partial charge on any atom is 0.333 e. The summed E-state index contributed by atoms with van der Waals surface area (Å²) in [6, 6.07) is 9.59. The highest BCUT2D eigenvalue weighted by Crippen LogP contribution is 2.16. The van der Waals surface area contributed by atoms with Crippen molar-refractivity contribution in [2.45, 2.75) is 13.3 Å². The molecule has 84 valence electrons. The van der Waals surface area contributed by atoms with Crippen LogP contribution < -0.4 is 0 Å². The standard InChI is InChI=1S/C13H13ClO2/c1-2-11(13(15)16)12(14)9-8-10-6-4-3-5-7-10/h3-9H,2H2,1H3,(H,15,16). The number of carbonyl (C=O) groups is 1. The minimum absolute atomic E-state index is 0.230. The lowest BCUT2D eigenvalue weighted by atomic mass is 10.1. The Morgan fingerprint density at radius 3 is 2.50 bits per heavy atom. The van der Waals surface area contributed by atoms with Crippen LogP contribution in [0.5, 0.6) is 0 Å². The molecular weight excluding hydrogens is 224 g/mol. The minimum Gasteiger partial charge on any atom is -0.478 e. The summed E-state index contributed by atoms with van der Waals surface area (Å²) in [5.74, 6) is -0.967. The van der Waals surface area contributed by atoms with Crippen molar-refractivity contribution >= 4 is 23.6 Å². The summed E-state index contributed by atoms with van der Waals surface area (Å²) in [5, 5.41) is 9.14. The number of carboxylic acids is 1. The maximum atomic E-state index is 10.8. The van der Waals surface area contributed by atoms with Gasteiger partial charge in [-0.3, -0.25) is 0 Å². The van der Waals surface area contributed by atoms with Gasteiger partial charge in [-0.1, -0.05) is 54.9 Å². The van der Waals surface area contributed by atoms with Gasteiger partial charge in [0.25, 0.3) is 0 Å². The van der Waals surface area contributed by atoms with Crippen molar-refractivity contribution in [3.63, 3.8) is 0 Å². The zero-order valence-corrected chi connectivity index (χ0v) is 9.74. The van der Waals surface area contributed by atoms with Gasteiger partial charge in [0.2, 0.25) is 0 Å². The number of halogens is 1. The van der Waals surface area contributed by atoms with Crippen LogP contribution in [0.25, 0.3) is 6.08 Å². The summed E-state index contributed by atoms with van der Waals surface area (Å²) in [7, 11) is 0. The Hall–Kier alpha value is -1.54. The highest BCUT2D eigenvalue weighted by atomic mass is 35.5. The molecule has 1 aromatic rings. The molecule has 0 aliphatic heterocycles. The zero-order chi connectivity index (χ0) is 12.0. The van der Waals surface area contributed by atoms with Crippen LogP contribution in [0, 0.1) is 0 Å². The second kappa shape index (κ2) is 6.13. The smallest absolute Gasteiger partial charge is 0.333 e. The first kappa shape index (κ1) is 12.5. The number of aliphatic carboxylic acids is 1. The zero-order valence-electron chi connectivity index (χ0n) is 8.98. The largest absolute Gasteiger partial charge is 0.478 e. The van der Waals surface area contributed by atoms with Crippen molar-refractivity contribution in [1.82, 2.24) is 0 Å². The normalized spacial score (nSPS) is 12.6. The first-order chi connectivity index (χ1) is 7.65. The van der Waals surface area contributed by atoms with Gasteiger partial charge >= 0.3 is 5.97 Å². The van der Waals surface area contributed by atoms with E-state index in [0.717, 1.165) is 5.56 Å². The second-order valence-electron chi connectivity index (χ2n) is 3.23. The molecule has 2 nitrogen and oxygen atoms in total. The molecule has 1 N–H and O–H groups in total. The summed E-state index contributed by atoms with van der Waals surface area (Å²) in [4.78, 5) is 10.8. The van der Waals surface area contributed by atoms with Gasteiger partial charge < -0.3 is 5.11 Å². The van der Waals surface area contributed by atoms with Crippen LogP contribution in [-0.4, -0.2) is 11.1 Å². The average Bonchev–Trinajstić information content (AvgIpc) is 2.28. The molecule has 0 bridgehead atoms. The molecule has 0 aliphatic rings. The fourth-order valence-corrected chi connectivity index (χ4v) is 1.53. The molecule has 0 saturated heterocycles. The van der Waals surface area contributed by atoms with Gasteiger partial charge in [-0.15, -0.1) is 0 Å². The van der Waals surface area contributed by atoms with Crippen molar-refractivity contribution < 1.29 is 9.90 Å². The molecule has 0 heterocycles. The van der Waals surface area contributed by atoms with E-state index >= 15 is 0 Å². The summed E-state index contributed by atoms with van der Waals surface area (Å²) in [6.07, 6.45) is 3.82. The SMILES string of the molecule is CCC(C(=O)O)=C(Cl)C=Cc1ccccc1. The third-order valence-electron chi connectivity index (χ3n) is 2.12. The molecule has 0 spiro atoms. The van der Waals surface area contributed by atoms with Gasteiger partial charge in [-0.05, 0) is 18.1 Å². The van der Waals surface area contributed by atoms with E-state index in [2.05, 4.69) is 0 Å². The van der Waals surface area contributed by atoms with Crippen molar-refractivity contribution in [3.8, 4) is 0 Å². The van der Waals surface area contributed by atoms with E-state index in [1.165, 1.54) is 0 Å². The molecule has 0 amide bonds. The van der Waals surface area contributed by atoms with Crippen LogP contribution in [0.15, 0.2) is 47.0 Å². The lowest BCUT2D eigenvalue weighted by Gasteiger charge is -1.99. The second-order valence-corrected chi connectivity index (χ2v) is 3.64. The average molecular weight is 237 g/mol. The quantitative estimate of drug-likeness (QED) is 0.640. The van der Waals surface area contributed by atoms with E-state index in [0.29, 0.717) is 6.42 Å². The Kier molecular flexibility index (Phi) is 4.80. The Labute approximate surface area is 99.9 Å². The van der Waals surface area contributed by atoms with Crippen molar-refractivity contribution in [1.29, 1.82) is 0 Å². The summed E-state index contributed by atoms with van der Waals surface area (Å²) >= 11 is 5.90. The van der Waals surface area contributed by atoms with Gasteiger partial charge in [0, 0.05) is 0 Å². The van der Waals surface area contributed by atoms with Crippen LogP contribution >= 0.6 is 11.6 Å². The van der Waals surface area contributed by atoms with Crippen LogP contribution in [0.2, 0.25) is 0 Å². The third-order valence-corrected chi connectivity index (χ3v) is 2.48. The van der Waals surface area contributed by atoms with E-state index < -0.39 is 5.97 Å². The van der Waals surface area contributed by atoms with Gasteiger partial charge in [0.05, 0.1) is 10.6 Å². The Morgan fingerprint density at radius 1 is 1.38 bits per heavy atom. The highest BCUT2D eigenvalue weighted by molar-refractivity contribution is 6.33. The summed E-state index contributed by atoms with van der Waals surface area (Å²) in [5.41, 5.74) is 1.22. The number of hydrogen-bond donors (Lipinski definition) is 1. The van der Waals surface area contributed by atoms with E-state index in [-0.39, 0.29) is 10.6 Å². The van der Waals surface area contributed by atoms with E-state index in [1.54, 1.807) is 19.1 Å². The summed E-state index contributed by atoms with van der Waals surface area (Å²) in [6.45, 7) is 1.77. The van der Waals surface area contributed by atoms with Gasteiger partial charge in [0.15, 0.2) is 0 Å². The predicted molar refractivity (Wildman–Crippen MR) is 66.3 cm³/mol. The first-order valence-corrected chi connectivity index (χ1v) is 5.38. The van der Waals surface area contributed by atoms with Crippen LogP contribution in [0.1, 0.15) is 18.9 Å². The number of allylic oxidation sites excluding steroid dienone is 2. The molecule has 0 saturated carbocycles. The fourth-order valence-electron chi connectivity index (χ4n) is 1.26. The molecule has 0 radical (unpaired) electrons. The molecule has 0 unspecified atom stereocenters. The topological polar surface area (TPSA) is 37.3 Å². The Morgan fingerprint density at radius 2 is 2.00 bits per heavy atom. The Bertz CT molecular complexity index is 419. The summed E-state index contributed by atoms with van der Waals surface area (Å²) < 4.78 is 0.